The number of ether oxygens (including phenoxy) is 1. The molecule has 0 aliphatic rings. The van der Waals surface area contributed by atoms with Gasteiger partial charge < -0.3 is 15.6 Å². The van der Waals surface area contributed by atoms with Gasteiger partial charge in [0.25, 0.3) is 0 Å². The van der Waals surface area contributed by atoms with Gasteiger partial charge in [-0.1, -0.05) is 12.1 Å². The average molecular weight is 227 g/mol. The van der Waals surface area contributed by atoms with Crippen LogP contribution < -0.4 is 5.73 Å². The van der Waals surface area contributed by atoms with Crippen LogP contribution in [0, 0.1) is 0 Å². The first kappa shape index (κ1) is 12.5. The van der Waals surface area contributed by atoms with Crippen LogP contribution in [0.4, 0.5) is 0 Å². The molecule has 1 aromatic rings. The number of hydrogen-bond acceptors (Lipinski definition) is 4. The highest BCUT2D eigenvalue weighted by Crippen LogP contribution is 2.17. The van der Waals surface area contributed by atoms with E-state index in [1.165, 1.54) is 4.90 Å². The highest BCUT2D eigenvalue weighted by atomic mass is 32.2. The van der Waals surface area contributed by atoms with Crippen LogP contribution in [-0.2, 0) is 11.3 Å². The summed E-state index contributed by atoms with van der Waals surface area (Å²) in [4.78, 5) is 1.20. The molecular weight excluding hydrogens is 210 g/mol. The maximum Gasteiger partial charge on any atom is 0.0681 e. The van der Waals surface area contributed by atoms with E-state index in [4.69, 9.17) is 15.6 Å². The normalized spacial score (nSPS) is 10.5. The van der Waals surface area contributed by atoms with Crippen LogP contribution in [0.25, 0.3) is 0 Å². The Morgan fingerprint density at radius 3 is 2.53 bits per heavy atom. The maximum absolute atomic E-state index is 8.86. The van der Waals surface area contributed by atoms with Crippen molar-refractivity contribution in [2.45, 2.75) is 11.5 Å². The monoisotopic (exact) mass is 227 g/mol. The first-order valence-electron chi connectivity index (χ1n) is 4.97. The number of rotatable bonds is 7. The van der Waals surface area contributed by atoms with Crippen molar-refractivity contribution in [2.75, 3.05) is 25.5 Å². The fourth-order valence-electron chi connectivity index (χ4n) is 1.09. The molecule has 1 aromatic carbocycles. The molecule has 0 unspecified atom stereocenters. The molecule has 1 rings (SSSR count). The fraction of sp³-hybridized carbons (Fsp3) is 0.455. The summed E-state index contributed by atoms with van der Waals surface area (Å²) in [5.74, 6) is 0.929. The van der Waals surface area contributed by atoms with E-state index >= 15 is 0 Å². The molecule has 15 heavy (non-hydrogen) atoms. The number of thioether (sulfide) groups is 1. The third-order valence-electron chi connectivity index (χ3n) is 1.86. The van der Waals surface area contributed by atoms with Gasteiger partial charge in [0.05, 0.1) is 19.8 Å². The van der Waals surface area contributed by atoms with Gasteiger partial charge in [-0.3, -0.25) is 0 Å². The molecular formula is C11H17NO2S. The van der Waals surface area contributed by atoms with E-state index in [-0.39, 0.29) is 6.61 Å². The summed E-state index contributed by atoms with van der Waals surface area (Å²) in [6.45, 7) is 2.04. The molecule has 0 amide bonds. The quantitative estimate of drug-likeness (QED) is 0.543. The van der Waals surface area contributed by atoms with Gasteiger partial charge in [-0.05, 0) is 17.7 Å². The third kappa shape index (κ3) is 5.18. The van der Waals surface area contributed by atoms with Crippen molar-refractivity contribution in [3.8, 4) is 0 Å². The molecule has 0 bridgehead atoms. The highest BCUT2D eigenvalue weighted by Gasteiger charge is 1.95. The van der Waals surface area contributed by atoms with Crippen LogP contribution in [0.1, 0.15) is 5.56 Å². The molecule has 3 nitrogen and oxygen atoms in total. The van der Waals surface area contributed by atoms with Gasteiger partial charge in [-0.2, -0.15) is 0 Å². The Hall–Kier alpha value is -0.550. The van der Waals surface area contributed by atoms with Gasteiger partial charge in [-0.15, -0.1) is 11.8 Å². The summed E-state index contributed by atoms with van der Waals surface area (Å²) in [6.07, 6.45) is 0. The molecule has 0 atom stereocenters. The second kappa shape index (κ2) is 7.70. The summed E-state index contributed by atoms with van der Waals surface area (Å²) in [6, 6.07) is 7.89. The molecule has 0 radical (unpaired) electrons. The number of benzene rings is 1. The SMILES string of the molecule is NCCOCCSc1ccc(CO)cc1. The molecule has 0 saturated carbocycles. The van der Waals surface area contributed by atoms with E-state index in [0.717, 1.165) is 17.9 Å². The van der Waals surface area contributed by atoms with E-state index < -0.39 is 0 Å². The zero-order valence-electron chi connectivity index (χ0n) is 8.69. The zero-order chi connectivity index (χ0) is 10.9. The van der Waals surface area contributed by atoms with Gasteiger partial charge in [-0.25, -0.2) is 0 Å². The molecule has 84 valence electrons. The Morgan fingerprint density at radius 1 is 1.20 bits per heavy atom. The van der Waals surface area contributed by atoms with Crippen molar-refractivity contribution >= 4 is 11.8 Å². The predicted molar refractivity (Wildman–Crippen MR) is 63.0 cm³/mol. The number of hydrogen-bond donors (Lipinski definition) is 2. The Morgan fingerprint density at radius 2 is 1.93 bits per heavy atom. The summed E-state index contributed by atoms with van der Waals surface area (Å²) in [7, 11) is 0. The number of aliphatic hydroxyl groups excluding tert-OH is 1. The van der Waals surface area contributed by atoms with Crippen LogP contribution >= 0.6 is 11.8 Å². The summed E-state index contributed by atoms with van der Waals surface area (Å²) in [5.41, 5.74) is 6.24. The van der Waals surface area contributed by atoms with E-state index in [0.29, 0.717) is 13.2 Å². The lowest BCUT2D eigenvalue weighted by Gasteiger charge is -2.03. The van der Waals surface area contributed by atoms with Crippen LogP contribution in [-0.4, -0.2) is 30.6 Å². The molecule has 0 saturated heterocycles. The summed E-state index contributed by atoms with van der Waals surface area (Å²) < 4.78 is 5.26. The standard InChI is InChI=1S/C11H17NO2S/c12-5-6-14-7-8-15-11-3-1-10(9-13)2-4-11/h1-4,13H,5-9,12H2. The first-order valence-corrected chi connectivity index (χ1v) is 5.96. The van der Waals surface area contributed by atoms with E-state index in [9.17, 15) is 0 Å². The molecule has 0 heterocycles. The van der Waals surface area contributed by atoms with E-state index in [2.05, 4.69) is 0 Å². The van der Waals surface area contributed by atoms with Crippen molar-refractivity contribution in [3.63, 3.8) is 0 Å². The van der Waals surface area contributed by atoms with Gasteiger partial charge in [0.1, 0.15) is 0 Å². The van der Waals surface area contributed by atoms with Gasteiger partial charge >= 0.3 is 0 Å². The fourth-order valence-corrected chi connectivity index (χ4v) is 1.86. The lowest BCUT2D eigenvalue weighted by Crippen LogP contribution is -2.09. The molecule has 0 fully saturated rings. The van der Waals surface area contributed by atoms with E-state index in [1.807, 2.05) is 24.3 Å². The summed E-state index contributed by atoms with van der Waals surface area (Å²) in [5, 5.41) is 8.86. The largest absolute Gasteiger partial charge is 0.392 e. The van der Waals surface area contributed by atoms with Crippen molar-refractivity contribution in [3.05, 3.63) is 29.8 Å². The Labute approximate surface area is 94.6 Å². The Kier molecular flexibility index (Phi) is 6.43. The molecule has 0 spiro atoms. The smallest absolute Gasteiger partial charge is 0.0681 e. The predicted octanol–water partition coefficient (Wildman–Crippen LogP) is 1.25. The third-order valence-corrected chi connectivity index (χ3v) is 2.84. The topological polar surface area (TPSA) is 55.5 Å². The zero-order valence-corrected chi connectivity index (χ0v) is 9.50. The minimum atomic E-state index is 0.102. The van der Waals surface area contributed by atoms with Crippen molar-refractivity contribution in [1.82, 2.24) is 0 Å². The van der Waals surface area contributed by atoms with Crippen molar-refractivity contribution in [1.29, 1.82) is 0 Å². The minimum Gasteiger partial charge on any atom is -0.392 e. The van der Waals surface area contributed by atoms with Gasteiger partial charge in [0.2, 0.25) is 0 Å². The van der Waals surface area contributed by atoms with Crippen LogP contribution in [0.2, 0.25) is 0 Å². The molecule has 0 aliphatic carbocycles. The van der Waals surface area contributed by atoms with Crippen LogP contribution in [0.15, 0.2) is 29.2 Å². The Bertz CT molecular complexity index is 264. The second-order valence-corrected chi connectivity index (χ2v) is 4.22. The molecule has 0 aliphatic heterocycles. The highest BCUT2D eigenvalue weighted by molar-refractivity contribution is 7.99. The lowest BCUT2D eigenvalue weighted by atomic mass is 10.2. The molecule has 3 N–H and O–H groups in total. The maximum atomic E-state index is 8.86. The van der Waals surface area contributed by atoms with Gasteiger partial charge in [0, 0.05) is 17.2 Å². The molecule has 0 aromatic heterocycles. The lowest BCUT2D eigenvalue weighted by molar-refractivity contribution is 0.158. The minimum absolute atomic E-state index is 0.102. The van der Waals surface area contributed by atoms with Crippen molar-refractivity contribution < 1.29 is 9.84 Å². The second-order valence-electron chi connectivity index (χ2n) is 3.05. The van der Waals surface area contributed by atoms with E-state index in [1.54, 1.807) is 11.8 Å². The van der Waals surface area contributed by atoms with Crippen molar-refractivity contribution in [2.24, 2.45) is 5.73 Å². The Balaban J connectivity index is 2.20. The van der Waals surface area contributed by atoms with Crippen LogP contribution in [0.5, 0.6) is 0 Å². The van der Waals surface area contributed by atoms with Crippen LogP contribution in [0.3, 0.4) is 0 Å². The van der Waals surface area contributed by atoms with Gasteiger partial charge in [0.15, 0.2) is 0 Å². The number of aliphatic hydroxyl groups is 1. The molecule has 4 heteroatoms. The summed E-state index contributed by atoms with van der Waals surface area (Å²) >= 11 is 1.74. The first-order chi connectivity index (χ1) is 7.36. The number of nitrogens with two attached hydrogens (primary N) is 1. The average Bonchev–Trinajstić information content (AvgIpc) is 2.30.